The van der Waals surface area contributed by atoms with Gasteiger partial charge in [0, 0.05) is 16.3 Å². The molecule has 1 amide bonds. The molecule has 0 fully saturated rings. The van der Waals surface area contributed by atoms with Gasteiger partial charge < -0.3 is 5.32 Å². The number of hydrazone groups is 1. The Kier molecular flexibility index (Phi) is 4.56. The van der Waals surface area contributed by atoms with Gasteiger partial charge in [-0.05, 0) is 35.4 Å². The highest BCUT2D eigenvalue weighted by molar-refractivity contribution is 6.31. The molecule has 0 aromatic heterocycles. The van der Waals surface area contributed by atoms with Crippen LogP contribution in [0.1, 0.15) is 22.6 Å². The average molecular weight is 450 g/mol. The molecular weight excluding hydrogens is 430 g/mol. The Morgan fingerprint density at radius 3 is 2.15 bits per heavy atom. The van der Waals surface area contributed by atoms with Crippen molar-refractivity contribution < 1.29 is 4.79 Å². The maximum absolute atomic E-state index is 14.0. The third kappa shape index (κ3) is 2.91. The van der Waals surface area contributed by atoms with Gasteiger partial charge in [0.2, 0.25) is 0 Å². The van der Waals surface area contributed by atoms with E-state index >= 15 is 0 Å². The fraction of sp³-hybridized carbons (Fsp3) is 0.0714. The molecular formula is C28H20ClN3O. The molecule has 2 aliphatic heterocycles. The number of amides is 1. The van der Waals surface area contributed by atoms with Gasteiger partial charge in [0.1, 0.15) is 0 Å². The number of anilines is 2. The molecule has 0 bridgehead atoms. The molecule has 160 valence electrons. The molecule has 2 atom stereocenters. The second-order valence-electron chi connectivity index (χ2n) is 8.25. The van der Waals surface area contributed by atoms with Gasteiger partial charge in [-0.1, -0.05) is 96.5 Å². The number of hydrogen-bond acceptors (Lipinski definition) is 3. The van der Waals surface area contributed by atoms with Gasteiger partial charge in [-0.2, -0.15) is 5.10 Å². The minimum Gasteiger partial charge on any atom is -0.323 e. The molecule has 2 heterocycles. The predicted molar refractivity (Wildman–Crippen MR) is 133 cm³/mol. The van der Waals surface area contributed by atoms with Gasteiger partial charge >= 0.3 is 0 Å². The Balaban J connectivity index is 1.69. The zero-order valence-electron chi connectivity index (χ0n) is 17.7. The SMILES string of the molecule is O=C1Nc2cc(Cl)ccc2[C@]12[C@@H](c1ccccc1)C(c1ccccc1)=NN2c1ccccc1. The molecule has 0 saturated heterocycles. The molecule has 0 saturated carbocycles. The van der Waals surface area contributed by atoms with Crippen LogP contribution < -0.4 is 10.3 Å². The number of nitrogens with one attached hydrogen (secondary N) is 1. The second kappa shape index (κ2) is 7.61. The number of nitrogens with zero attached hydrogens (tertiary/aromatic N) is 2. The molecule has 0 aliphatic carbocycles. The first-order valence-electron chi connectivity index (χ1n) is 10.9. The normalized spacial score (nSPS) is 21.1. The van der Waals surface area contributed by atoms with E-state index in [0.717, 1.165) is 33.8 Å². The molecule has 4 nitrogen and oxygen atoms in total. The fourth-order valence-electron chi connectivity index (χ4n) is 5.06. The van der Waals surface area contributed by atoms with Crippen LogP contribution in [0.3, 0.4) is 0 Å². The molecule has 2 aliphatic rings. The number of benzene rings is 4. The van der Waals surface area contributed by atoms with E-state index in [1.165, 1.54) is 0 Å². The number of fused-ring (bicyclic) bond motifs is 2. The Morgan fingerprint density at radius 2 is 1.45 bits per heavy atom. The Labute approximate surface area is 197 Å². The Morgan fingerprint density at radius 1 is 0.818 bits per heavy atom. The second-order valence-corrected chi connectivity index (χ2v) is 8.69. The molecule has 1 spiro atoms. The van der Waals surface area contributed by atoms with Crippen LogP contribution in [0.25, 0.3) is 0 Å². The number of para-hydroxylation sites is 1. The van der Waals surface area contributed by atoms with E-state index in [2.05, 4.69) is 17.4 Å². The fourth-order valence-corrected chi connectivity index (χ4v) is 5.23. The summed E-state index contributed by atoms with van der Waals surface area (Å²) in [5, 5.41) is 10.7. The molecule has 33 heavy (non-hydrogen) atoms. The molecule has 4 aromatic carbocycles. The van der Waals surface area contributed by atoms with Gasteiger partial charge in [0.25, 0.3) is 5.91 Å². The minimum absolute atomic E-state index is 0.118. The van der Waals surface area contributed by atoms with Crippen LogP contribution in [-0.2, 0) is 10.3 Å². The quantitative estimate of drug-likeness (QED) is 0.405. The summed E-state index contributed by atoms with van der Waals surface area (Å²) in [7, 11) is 0. The van der Waals surface area contributed by atoms with Crippen LogP contribution in [0.5, 0.6) is 0 Å². The van der Waals surface area contributed by atoms with E-state index in [0.29, 0.717) is 5.02 Å². The topological polar surface area (TPSA) is 44.7 Å². The van der Waals surface area contributed by atoms with Crippen molar-refractivity contribution in [2.24, 2.45) is 5.10 Å². The largest absolute Gasteiger partial charge is 0.323 e. The van der Waals surface area contributed by atoms with Crippen molar-refractivity contribution in [3.63, 3.8) is 0 Å². The van der Waals surface area contributed by atoms with Crippen molar-refractivity contribution in [2.45, 2.75) is 11.5 Å². The summed E-state index contributed by atoms with van der Waals surface area (Å²) in [6, 6.07) is 35.7. The number of rotatable bonds is 3. The minimum atomic E-state index is -1.09. The van der Waals surface area contributed by atoms with E-state index in [4.69, 9.17) is 16.7 Å². The Bertz CT molecular complexity index is 1370. The number of hydrogen-bond donors (Lipinski definition) is 1. The van der Waals surface area contributed by atoms with E-state index in [1.54, 1.807) is 0 Å². The summed E-state index contributed by atoms with van der Waals surface area (Å²) in [4.78, 5) is 14.0. The average Bonchev–Trinajstić information content (AvgIpc) is 3.36. The summed E-state index contributed by atoms with van der Waals surface area (Å²) in [6.07, 6.45) is 0. The summed E-state index contributed by atoms with van der Waals surface area (Å²) >= 11 is 6.30. The van der Waals surface area contributed by atoms with Crippen LogP contribution in [-0.4, -0.2) is 11.6 Å². The molecule has 5 heteroatoms. The van der Waals surface area contributed by atoms with Gasteiger partial charge in [0.05, 0.1) is 17.3 Å². The summed E-state index contributed by atoms with van der Waals surface area (Å²) in [5.41, 5.74) is 4.21. The van der Waals surface area contributed by atoms with Crippen molar-refractivity contribution in [1.82, 2.24) is 0 Å². The zero-order valence-corrected chi connectivity index (χ0v) is 18.4. The Hall–Kier alpha value is -3.89. The first-order chi connectivity index (χ1) is 16.2. The monoisotopic (exact) mass is 449 g/mol. The third-order valence-corrected chi connectivity index (χ3v) is 6.66. The highest BCUT2D eigenvalue weighted by atomic mass is 35.5. The van der Waals surface area contributed by atoms with E-state index in [9.17, 15) is 4.79 Å². The van der Waals surface area contributed by atoms with Gasteiger partial charge in [0.15, 0.2) is 5.54 Å². The highest BCUT2D eigenvalue weighted by Crippen LogP contribution is 2.56. The first kappa shape index (κ1) is 19.8. The third-order valence-electron chi connectivity index (χ3n) is 6.42. The van der Waals surface area contributed by atoms with Crippen LogP contribution >= 0.6 is 11.6 Å². The molecule has 0 unspecified atom stereocenters. The standard InChI is InChI=1S/C28H20ClN3O/c29-21-16-17-23-24(18-21)30-27(33)28(23)25(19-10-4-1-5-11-19)26(20-12-6-2-7-13-20)31-32(28)22-14-8-3-9-15-22/h1-18,25H,(H,30,33)/t25-,28-/m0/s1. The van der Waals surface area contributed by atoms with Crippen molar-refractivity contribution in [2.75, 3.05) is 10.3 Å². The van der Waals surface area contributed by atoms with E-state index in [-0.39, 0.29) is 11.8 Å². The maximum atomic E-state index is 14.0. The van der Waals surface area contributed by atoms with E-state index in [1.807, 2.05) is 102 Å². The maximum Gasteiger partial charge on any atom is 0.258 e. The molecule has 6 rings (SSSR count). The number of carbonyl (C=O) groups is 1. The zero-order chi connectivity index (χ0) is 22.4. The highest BCUT2D eigenvalue weighted by Gasteiger charge is 2.62. The lowest BCUT2D eigenvalue weighted by molar-refractivity contribution is -0.120. The van der Waals surface area contributed by atoms with Crippen molar-refractivity contribution in [3.8, 4) is 0 Å². The summed E-state index contributed by atoms with van der Waals surface area (Å²) in [6.45, 7) is 0. The summed E-state index contributed by atoms with van der Waals surface area (Å²) in [5.74, 6) is -0.448. The van der Waals surface area contributed by atoms with Crippen molar-refractivity contribution in [3.05, 3.63) is 131 Å². The van der Waals surface area contributed by atoms with Crippen molar-refractivity contribution in [1.29, 1.82) is 0 Å². The number of carbonyl (C=O) groups excluding carboxylic acids is 1. The van der Waals surface area contributed by atoms with Gasteiger partial charge in [-0.15, -0.1) is 0 Å². The number of halogens is 1. The lowest BCUT2D eigenvalue weighted by Crippen LogP contribution is -2.50. The van der Waals surface area contributed by atoms with Crippen LogP contribution in [0, 0.1) is 0 Å². The van der Waals surface area contributed by atoms with E-state index < -0.39 is 5.54 Å². The lowest BCUT2D eigenvalue weighted by atomic mass is 9.72. The van der Waals surface area contributed by atoms with Crippen LogP contribution in [0.15, 0.2) is 114 Å². The lowest BCUT2D eigenvalue weighted by Gasteiger charge is -2.37. The van der Waals surface area contributed by atoms with Crippen LogP contribution in [0.4, 0.5) is 11.4 Å². The molecule has 0 radical (unpaired) electrons. The first-order valence-corrected chi connectivity index (χ1v) is 11.2. The van der Waals surface area contributed by atoms with Gasteiger partial charge in [-0.25, -0.2) is 5.01 Å². The van der Waals surface area contributed by atoms with Crippen LogP contribution in [0.2, 0.25) is 5.02 Å². The predicted octanol–water partition coefficient (Wildman–Crippen LogP) is 6.20. The van der Waals surface area contributed by atoms with Crippen molar-refractivity contribution >= 4 is 34.6 Å². The van der Waals surface area contributed by atoms with Gasteiger partial charge in [-0.3, -0.25) is 4.79 Å². The smallest absolute Gasteiger partial charge is 0.258 e. The molecule has 4 aromatic rings. The summed E-state index contributed by atoms with van der Waals surface area (Å²) < 4.78 is 0. The molecule has 1 N–H and O–H groups in total.